The monoisotopic (exact) mass is 344 g/mol. The van der Waals surface area contributed by atoms with Crippen molar-refractivity contribution in [2.45, 2.75) is 26.2 Å². The number of ether oxygens (including phenoxy) is 4. The maximum Gasteiger partial charge on any atom is 0.337 e. The second-order valence-electron chi connectivity index (χ2n) is 5.73. The van der Waals surface area contributed by atoms with Gasteiger partial charge in [-0.1, -0.05) is 30.3 Å². The van der Waals surface area contributed by atoms with Crippen LogP contribution in [0.5, 0.6) is 5.75 Å². The Kier molecular flexibility index (Phi) is 6.98. The van der Waals surface area contributed by atoms with E-state index >= 15 is 0 Å². The first kappa shape index (κ1) is 19.0. The number of methoxy groups -OCH3 is 2. The number of esters is 1. The Hall–Kier alpha value is -2.37. The van der Waals surface area contributed by atoms with E-state index in [0.717, 1.165) is 11.1 Å². The molecule has 0 aliphatic carbocycles. The highest BCUT2D eigenvalue weighted by molar-refractivity contribution is 5.89. The Morgan fingerprint density at radius 1 is 1.08 bits per heavy atom. The minimum Gasteiger partial charge on any atom is -0.465 e. The third-order valence-corrected chi connectivity index (χ3v) is 3.70. The number of benzene rings is 2. The van der Waals surface area contributed by atoms with Gasteiger partial charge in [0.25, 0.3) is 0 Å². The van der Waals surface area contributed by atoms with Crippen molar-refractivity contribution in [2.24, 2.45) is 0 Å². The van der Waals surface area contributed by atoms with Gasteiger partial charge in [0.05, 0.1) is 25.4 Å². The van der Waals surface area contributed by atoms with Crippen molar-refractivity contribution >= 4 is 5.97 Å². The van der Waals surface area contributed by atoms with Gasteiger partial charge in [-0.15, -0.1) is 0 Å². The highest BCUT2D eigenvalue weighted by Crippen LogP contribution is 2.27. The Morgan fingerprint density at radius 3 is 2.52 bits per heavy atom. The molecular formula is C20H24O5. The molecule has 0 saturated heterocycles. The average molecular weight is 344 g/mol. The molecule has 0 aliphatic rings. The van der Waals surface area contributed by atoms with Crippen LogP contribution in [-0.4, -0.2) is 32.9 Å². The summed E-state index contributed by atoms with van der Waals surface area (Å²) in [5.74, 6) is 0.118. The summed E-state index contributed by atoms with van der Waals surface area (Å²) in [6.45, 7) is 4.37. The predicted molar refractivity (Wildman–Crippen MR) is 94.8 cm³/mol. The van der Waals surface area contributed by atoms with E-state index in [1.807, 2.05) is 38.1 Å². The average Bonchev–Trinajstić information content (AvgIpc) is 2.61. The molecule has 2 rings (SSSR count). The summed E-state index contributed by atoms with van der Waals surface area (Å²) < 4.78 is 22.0. The lowest BCUT2D eigenvalue weighted by atomic mass is 10.1. The van der Waals surface area contributed by atoms with Gasteiger partial charge in [0.15, 0.2) is 0 Å². The van der Waals surface area contributed by atoms with E-state index in [1.54, 1.807) is 31.4 Å². The summed E-state index contributed by atoms with van der Waals surface area (Å²) in [4.78, 5) is 11.7. The number of rotatable bonds is 8. The Balaban J connectivity index is 2.27. The summed E-state index contributed by atoms with van der Waals surface area (Å²) in [6, 6.07) is 14.7. The van der Waals surface area contributed by atoms with Crippen LogP contribution >= 0.6 is 0 Å². The number of hydrogen-bond acceptors (Lipinski definition) is 5. The third kappa shape index (κ3) is 5.31. The molecule has 0 radical (unpaired) electrons. The molecule has 0 aliphatic heterocycles. The SMILES string of the molecule is COC[C@H](C)OC(Oc1cccc(C(=O)OC)c1)c1ccccc1C. The lowest BCUT2D eigenvalue weighted by Gasteiger charge is -2.25. The fraction of sp³-hybridized carbons (Fsp3) is 0.350. The normalized spacial score (nSPS) is 13.1. The van der Waals surface area contributed by atoms with Crippen LogP contribution in [0.3, 0.4) is 0 Å². The molecule has 134 valence electrons. The second kappa shape index (κ2) is 9.20. The number of carbonyl (C=O) groups excluding carboxylic acids is 1. The van der Waals surface area contributed by atoms with Gasteiger partial charge in [0, 0.05) is 12.7 Å². The zero-order valence-corrected chi connectivity index (χ0v) is 15.0. The molecule has 0 saturated carbocycles. The first-order valence-electron chi connectivity index (χ1n) is 8.10. The zero-order chi connectivity index (χ0) is 18.2. The van der Waals surface area contributed by atoms with Crippen LogP contribution in [0.4, 0.5) is 0 Å². The van der Waals surface area contributed by atoms with Gasteiger partial charge < -0.3 is 18.9 Å². The lowest BCUT2D eigenvalue weighted by molar-refractivity contribution is -0.132. The topological polar surface area (TPSA) is 54.0 Å². The maximum atomic E-state index is 11.7. The molecule has 0 amide bonds. The van der Waals surface area contributed by atoms with E-state index in [4.69, 9.17) is 18.9 Å². The summed E-state index contributed by atoms with van der Waals surface area (Å²) >= 11 is 0. The first-order valence-corrected chi connectivity index (χ1v) is 8.10. The predicted octanol–water partition coefficient (Wildman–Crippen LogP) is 3.91. The van der Waals surface area contributed by atoms with Crippen molar-refractivity contribution < 1.29 is 23.7 Å². The highest BCUT2D eigenvalue weighted by Gasteiger charge is 2.20. The molecular weight excluding hydrogens is 320 g/mol. The lowest BCUT2D eigenvalue weighted by Crippen LogP contribution is -2.22. The van der Waals surface area contributed by atoms with Gasteiger partial charge in [0.2, 0.25) is 6.29 Å². The Bertz CT molecular complexity index is 698. The van der Waals surface area contributed by atoms with E-state index in [2.05, 4.69) is 0 Å². The number of aryl methyl sites for hydroxylation is 1. The van der Waals surface area contributed by atoms with Crippen LogP contribution in [0.1, 0.15) is 34.7 Å². The summed E-state index contributed by atoms with van der Waals surface area (Å²) in [5.41, 5.74) is 2.41. The summed E-state index contributed by atoms with van der Waals surface area (Å²) in [5, 5.41) is 0. The molecule has 1 unspecified atom stereocenters. The van der Waals surface area contributed by atoms with Crippen molar-refractivity contribution in [1.82, 2.24) is 0 Å². The minimum atomic E-state index is -0.612. The summed E-state index contributed by atoms with van der Waals surface area (Å²) in [7, 11) is 2.98. The van der Waals surface area contributed by atoms with Crippen LogP contribution in [0, 0.1) is 6.92 Å². The second-order valence-corrected chi connectivity index (χ2v) is 5.73. The smallest absolute Gasteiger partial charge is 0.337 e. The quantitative estimate of drug-likeness (QED) is 0.537. The molecule has 5 nitrogen and oxygen atoms in total. The molecule has 2 aromatic rings. The molecule has 5 heteroatoms. The molecule has 25 heavy (non-hydrogen) atoms. The first-order chi connectivity index (χ1) is 12.0. The largest absolute Gasteiger partial charge is 0.465 e. The van der Waals surface area contributed by atoms with Crippen LogP contribution < -0.4 is 4.74 Å². The zero-order valence-electron chi connectivity index (χ0n) is 15.0. The van der Waals surface area contributed by atoms with Crippen molar-refractivity contribution in [1.29, 1.82) is 0 Å². The Morgan fingerprint density at radius 2 is 1.84 bits per heavy atom. The van der Waals surface area contributed by atoms with Gasteiger partial charge in [-0.2, -0.15) is 0 Å². The van der Waals surface area contributed by atoms with E-state index in [-0.39, 0.29) is 6.10 Å². The van der Waals surface area contributed by atoms with E-state index in [1.165, 1.54) is 7.11 Å². The standard InChI is InChI=1S/C20H24O5/c1-14-8-5-6-11-18(14)20(24-15(2)13-22-3)25-17-10-7-9-16(12-17)19(21)23-4/h5-12,15,20H,13H2,1-4H3/t15-,20?/m0/s1. The van der Waals surface area contributed by atoms with Gasteiger partial charge in [0.1, 0.15) is 5.75 Å². The minimum absolute atomic E-state index is 0.154. The molecule has 0 bridgehead atoms. The fourth-order valence-electron chi connectivity index (χ4n) is 2.44. The molecule has 0 spiro atoms. The molecule has 0 fully saturated rings. The molecule has 0 N–H and O–H groups in total. The van der Waals surface area contributed by atoms with Gasteiger partial charge in [-0.3, -0.25) is 0 Å². The van der Waals surface area contributed by atoms with Gasteiger partial charge in [-0.25, -0.2) is 4.79 Å². The molecule has 2 aromatic carbocycles. The van der Waals surface area contributed by atoms with Crippen LogP contribution in [0.2, 0.25) is 0 Å². The van der Waals surface area contributed by atoms with Crippen molar-refractivity contribution in [2.75, 3.05) is 20.8 Å². The maximum absolute atomic E-state index is 11.7. The number of hydrogen-bond donors (Lipinski definition) is 0. The van der Waals surface area contributed by atoms with Crippen LogP contribution in [0.25, 0.3) is 0 Å². The highest BCUT2D eigenvalue weighted by atomic mass is 16.7. The molecule has 0 heterocycles. The van der Waals surface area contributed by atoms with Crippen molar-refractivity contribution in [3.63, 3.8) is 0 Å². The van der Waals surface area contributed by atoms with Crippen molar-refractivity contribution in [3.05, 3.63) is 65.2 Å². The fourth-order valence-corrected chi connectivity index (χ4v) is 2.44. The van der Waals surface area contributed by atoms with E-state index < -0.39 is 12.3 Å². The Labute approximate surface area is 148 Å². The van der Waals surface area contributed by atoms with Gasteiger partial charge in [-0.05, 0) is 37.6 Å². The number of carbonyl (C=O) groups is 1. The third-order valence-electron chi connectivity index (χ3n) is 3.70. The van der Waals surface area contributed by atoms with Crippen LogP contribution in [0.15, 0.2) is 48.5 Å². The summed E-state index contributed by atoms with van der Waals surface area (Å²) in [6.07, 6.45) is -0.766. The van der Waals surface area contributed by atoms with E-state index in [9.17, 15) is 4.79 Å². The van der Waals surface area contributed by atoms with Crippen molar-refractivity contribution in [3.8, 4) is 5.75 Å². The van der Waals surface area contributed by atoms with E-state index in [0.29, 0.717) is 17.9 Å². The molecule has 0 aromatic heterocycles. The molecule has 2 atom stereocenters. The van der Waals surface area contributed by atoms with Crippen LogP contribution in [-0.2, 0) is 14.2 Å². The van der Waals surface area contributed by atoms with Gasteiger partial charge >= 0.3 is 5.97 Å².